The van der Waals surface area contributed by atoms with Gasteiger partial charge in [0.05, 0.1) is 0 Å². The number of benzene rings is 1. The summed E-state index contributed by atoms with van der Waals surface area (Å²) >= 11 is 0. The SMILES string of the molecule is O=c1cc(-c2cccc(F)c2)cc[nH]1. The number of H-pyrrole nitrogens is 1. The van der Waals surface area contributed by atoms with Gasteiger partial charge in [-0.25, -0.2) is 4.39 Å². The Hall–Kier alpha value is -1.90. The Bertz CT molecular complexity index is 504. The van der Waals surface area contributed by atoms with Gasteiger partial charge in [-0.3, -0.25) is 4.79 Å². The molecule has 0 aliphatic rings. The average molecular weight is 189 g/mol. The van der Waals surface area contributed by atoms with Crippen LogP contribution < -0.4 is 5.56 Å². The largest absolute Gasteiger partial charge is 0.329 e. The molecule has 0 aliphatic heterocycles. The molecule has 1 aromatic heterocycles. The fourth-order valence-corrected chi connectivity index (χ4v) is 1.29. The smallest absolute Gasteiger partial charge is 0.248 e. The van der Waals surface area contributed by atoms with Gasteiger partial charge in [0.25, 0.3) is 0 Å². The number of rotatable bonds is 1. The lowest BCUT2D eigenvalue weighted by molar-refractivity contribution is 0.628. The second kappa shape index (κ2) is 3.46. The zero-order chi connectivity index (χ0) is 9.97. The molecule has 2 nitrogen and oxygen atoms in total. The Kier molecular flexibility index (Phi) is 2.14. The molecule has 2 aromatic rings. The van der Waals surface area contributed by atoms with Crippen molar-refractivity contribution in [2.75, 3.05) is 0 Å². The molecule has 0 saturated carbocycles. The Balaban J connectivity index is 2.55. The number of halogens is 1. The van der Waals surface area contributed by atoms with Crippen molar-refractivity contribution in [3.63, 3.8) is 0 Å². The van der Waals surface area contributed by atoms with E-state index in [4.69, 9.17) is 0 Å². The van der Waals surface area contributed by atoms with Crippen molar-refractivity contribution in [3.8, 4) is 11.1 Å². The van der Waals surface area contributed by atoms with E-state index in [9.17, 15) is 9.18 Å². The van der Waals surface area contributed by atoms with Crippen LogP contribution in [0.3, 0.4) is 0 Å². The molecule has 1 heterocycles. The fourth-order valence-electron chi connectivity index (χ4n) is 1.29. The quantitative estimate of drug-likeness (QED) is 0.732. The van der Waals surface area contributed by atoms with Crippen LogP contribution in [0.2, 0.25) is 0 Å². The average Bonchev–Trinajstić information content (AvgIpc) is 2.18. The minimum Gasteiger partial charge on any atom is -0.329 e. The number of hydrogen-bond donors (Lipinski definition) is 1. The third kappa shape index (κ3) is 1.71. The minimum atomic E-state index is -0.303. The van der Waals surface area contributed by atoms with Crippen LogP contribution in [0.4, 0.5) is 4.39 Å². The fraction of sp³-hybridized carbons (Fsp3) is 0. The number of hydrogen-bond acceptors (Lipinski definition) is 1. The summed E-state index contributed by atoms with van der Waals surface area (Å²) in [5, 5.41) is 0. The predicted octanol–water partition coefficient (Wildman–Crippen LogP) is 2.18. The maximum Gasteiger partial charge on any atom is 0.248 e. The molecule has 1 aromatic carbocycles. The van der Waals surface area contributed by atoms with Crippen molar-refractivity contribution < 1.29 is 4.39 Å². The third-order valence-electron chi connectivity index (χ3n) is 1.93. The molecular formula is C11H8FNO. The van der Waals surface area contributed by atoms with Crippen LogP contribution >= 0.6 is 0 Å². The molecule has 14 heavy (non-hydrogen) atoms. The number of aromatic amines is 1. The summed E-state index contributed by atoms with van der Waals surface area (Å²) in [6.07, 6.45) is 1.54. The molecule has 0 spiro atoms. The summed E-state index contributed by atoms with van der Waals surface area (Å²) in [4.78, 5) is 13.5. The summed E-state index contributed by atoms with van der Waals surface area (Å²) in [5.74, 6) is -0.303. The van der Waals surface area contributed by atoms with E-state index in [-0.39, 0.29) is 11.4 Å². The van der Waals surface area contributed by atoms with Gasteiger partial charge >= 0.3 is 0 Å². The summed E-state index contributed by atoms with van der Waals surface area (Å²) in [6, 6.07) is 9.32. The molecule has 0 radical (unpaired) electrons. The first-order chi connectivity index (χ1) is 6.75. The summed E-state index contributed by atoms with van der Waals surface area (Å²) in [6.45, 7) is 0. The highest BCUT2D eigenvalue weighted by Gasteiger charge is 1.98. The zero-order valence-electron chi connectivity index (χ0n) is 7.33. The Morgan fingerprint density at radius 3 is 2.57 bits per heavy atom. The lowest BCUT2D eigenvalue weighted by atomic mass is 10.1. The van der Waals surface area contributed by atoms with E-state index in [1.165, 1.54) is 18.2 Å². The molecule has 0 fully saturated rings. The van der Waals surface area contributed by atoms with Gasteiger partial charge in [0.1, 0.15) is 5.82 Å². The zero-order valence-corrected chi connectivity index (χ0v) is 7.33. The summed E-state index contributed by atoms with van der Waals surface area (Å²) in [7, 11) is 0. The maximum atomic E-state index is 12.9. The molecule has 0 bridgehead atoms. The van der Waals surface area contributed by atoms with Crippen LogP contribution in [0.15, 0.2) is 47.4 Å². The van der Waals surface area contributed by atoms with Crippen molar-refractivity contribution in [1.29, 1.82) is 0 Å². The second-order valence-electron chi connectivity index (χ2n) is 2.95. The van der Waals surface area contributed by atoms with Gasteiger partial charge in [0, 0.05) is 12.3 Å². The van der Waals surface area contributed by atoms with Crippen molar-refractivity contribution in [2.24, 2.45) is 0 Å². The maximum absolute atomic E-state index is 12.9. The van der Waals surface area contributed by atoms with Gasteiger partial charge in [-0.2, -0.15) is 0 Å². The van der Waals surface area contributed by atoms with E-state index in [1.54, 1.807) is 24.4 Å². The van der Waals surface area contributed by atoms with E-state index in [1.807, 2.05) is 0 Å². The van der Waals surface area contributed by atoms with Crippen LogP contribution in [0.1, 0.15) is 0 Å². The van der Waals surface area contributed by atoms with Gasteiger partial charge in [-0.05, 0) is 29.3 Å². The van der Waals surface area contributed by atoms with Gasteiger partial charge in [0.15, 0.2) is 0 Å². The number of aromatic nitrogens is 1. The normalized spacial score (nSPS) is 10.1. The van der Waals surface area contributed by atoms with E-state index >= 15 is 0 Å². The molecule has 3 heteroatoms. The van der Waals surface area contributed by atoms with Gasteiger partial charge in [-0.15, -0.1) is 0 Å². The van der Waals surface area contributed by atoms with Gasteiger partial charge in [0.2, 0.25) is 5.56 Å². The first-order valence-electron chi connectivity index (χ1n) is 4.20. The van der Waals surface area contributed by atoms with Crippen LogP contribution in [-0.4, -0.2) is 4.98 Å². The summed E-state index contributed by atoms with van der Waals surface area (Å²) in [5.41, 5.74) is 1.23. The molecule has 70 valence electrons. The first kappa shape index (κ1) is 8.69. The Morgan fingerprint density at radius 1 is 1.07 bits per heavy atom. The molecular weight excluding hydrogens is 181 g/mol. The number of nitrogens with one attached hydrogen (secondary N) is 1. The molecule has 0 unspecified atom stereocenters. The van der Waals surface area contributed by atoms with E-state index in [0.29, 0.717) is 11.1 Å². The van der Waals surface area contributed by atoms with Crippen LogP contribution in [-0.2, 0) is 0 Å². The van der Waals surface area contributed by atoms with Crippen molar-refractivity contribution in [1.82, 2.24) is 4.98 Å². The lowest BCUT2D eigenvalue weighted by Crippen LogP contribution is -2.01. The molecule has 0 aliphatic carbocycles. The third-order valence-corrected chi connectivity index (χ3v) is 1.93. The molecule has 2 rings (SSSR count). The van der Waals surface area contributed by atoms with E-state index in [0.717, 1.165) is 0 Å². The van der Waals surface area contributed by atoms with E-state index < -0.39 is 0 Å². The molecule has 0 saturated heterocycles. The van der Waals surface area contributed by atoms with Crippen molar-refractivity contribution in [2.45, 2.75) is 0 Å². The van der Waals surface area contributed by atoms with E-state index in [2.05, 4.69) is 4.98 Å². The minimum absolute atomic E-state index is 0.188. The van der Waals surface area contributed by atoms with Crippen LogP contribution in [0.25, 0.3) is 11.1 Å². The van der Waals surface area contributed by atoms with Crippen molar-refractivity contribution in [3.05, 3.63) is 58.8 Å². The van der Waals surface area contributed by atoms with Crippen LogP contribution in [0, 0.1) is 5.82 Å². The molecule has 1 N–H and O–H groups in total. The standard InChI is InChI=1S/C11H8FNO/c12-10-3-1-2-8(6-10)9-4-5-13-11(14)7-9/h1-7H,(H,13,14). The second-order valence-corrected chi connectivity index (χ2v) is 2.95. The first-order valence-corrected chi connectivity index (χ1v) is 4.20. The highest BCUT2D eigenvalue weighted by atomic mass is 19.1. The lowest BCUT2D eigenvalue weighted by Gasteiger charge is -1.99. The topological polar surface area (TPSA) is 32.9 Å². The van der Waals surface area contributed by atoms with Gasteiger partial charge in [-0.1, -0.05) is 12.1 Å². The Morgan fingerprint density at radius 2 is 1.86 bits per heavy atom. The van der Waals surface area contributed by atoms with Crippen LogP contribution in [0.5, 0.6) is 0 Å². The molecule has 0 atom stereocenters. The predicted molar refractivity (Wildman–Crippen MR) is 52.5 cm³/mol. The summed E-state index contributed by atoms with van der Waals surface area (Å²) < 4.78 is 12.9. The highest BCUT2D eigenvalue weighted by molar-refractivity contribution is 5.62. The Labute approximate surface area is 80.0 Å². The number of pyridine rings is 1. The molecule has 0 amide bonds. The van der Waals surface area contributed by atoms with Crippen molar-refractivity contribution >= 4 is 0 Å². The highest BCUT2D eigenvalue weighted by Crippen LogP contribution is 2.17. The van der Waals surface area contributed by atoms with Gasteiger partial charge < -0.3 is 4.98 Å². The monoisotopic (exact) mass is 189 g/mol.